The van der Waals surface area contributed by atoms with Crippen molar-refractivity contribution in [1.29, 1.82) is 0 Å². The van der Waals surface area contributed by atoms with E-state index in [-0.39, 0.29) is 17.9 Å². The number of pyridine rings is 1. The SMILES string of the molecule is Fc1ccccc1N1C(=S)N[C@@H](c2ccccn2)[C@@H]1c1cccn1-c1nc2ccccc2s1. The highest BCUT2D eigenvalue weighted by atomic mass is 32.1. The van der Waals surface area contributed by atoms with Crippen LogP contribution in [0.2, 0.25) is 0 Å². The lowest BCUT2D eigenvalue weighted by molar-refractivity contribution is 0.541. The third-order valence-corrected chi connectivity index (χ3v) is 7.13. The number of hydrogen-bond acceptors (Lipinski definition) is 4. The monoisotopic (exact) mass is 471 g/mol. The van der Waals surface area contributed by atoms with E-state index < -0.39 is 0 Å². The molecule has 3 aromatic heterocycles. The van der Waals surface area contributed by atoms with E-state index in [0.717, 1.165) is 26.7 Å². The summed E-state index contributed by atoms with van der Waals surface area (Å²) in [4.78, 5) is 11.3. The summed E-state index contributed by atoms with van der Waals surface area (Å²) in [5.74, 6) is -0.327. The summed E-state index contributed by atoms with van der Waals surface area (Å²) in [7, 11) is 0. The van der Waals surface area contributed by atoms with Crippen LogP contribution in [0, 0.1) is 5.82 Å². The smallest absolute Gasteiger partial charge is 0.194 e. The summed E-state index contributed by atoms with van der Waals surface area (Å²) >= 11 is 7.34. The van der Waals surface area contributed by atoms with Crippen LogP contribution >= 0.6 is 23.6 Å². The first kappa shape index (κ1) is 20.0. The Hall–Kier alpha value is -3.62. The van der Waals surface area contributed by atoms with Crippen molar-refractivity contribution in [2.45, 2.75) is 12.1 Å². The van der Waals surface area contributed by atoms with Gasteiger partial charge in [-0.2, -0.15) is 0 Å². The molecule has 0 aliphatic carbocycles. The Balaban J connectivity index is 1.53. The fraction of sp³-hybridized carbons (Fsp3) is 0.0800. The van der Waals surface area contributed by atoms with E-state index in [2.05, 4.69) is 20.9 Å². The molecule has 6 rings (SSSR count). The van der Waals surface area contributed by atoms with Crippen LogP contribution in [-0.4, -0.2) is 19.6 Å². The van der Waals surface area contributed by atoms with Gasteiger partial charge in [-0.1, -0.05) is 41.7 Å². The van der Waals surface area contributed by atoms with Crippen molar-refractivity contribution in [2.24, 2.45) is 0 Å². The standard InChI is InChI=1S/C25H18FN5S2/c26-16-8-1-3-11-19(16)31-23(22(29-24(31)32)18-10-5-6-14-27-18)20-12-7-15-30(20)25-28-17-9-2-4-13-21(17)33-25/h1-15,22-23H,(H,29,32)/t22-,23-/m0/s1. The Labute approximate surface area is 199 Å². The second-order valence-corrected chi connectivity index (χ2v) is 9.11. The largest absolute Gasteiger partial charge is 0.351 e. The number of halogens is 1. The molecule has 5 aromatic rings. The van der Waals surface area contributed by atoms with E-state index in [0.29, 0.717) is 10.8 Å². The lowest BCUT2D eigenvalue weighted by atomic mass is 10.0. The summed E-state index contributed by atoms with van der Waals surface area (Å²) in [6.45, 7) is 0. The van der Waals surface area contributed by atoms with Gasteiger partial charge in [-0.05, 0) is 60.7 Å². The van der Waals surface area contributed by atoms with Crippen molar-refractivity contribution in [1.82, 2.24) is 19.9 Å². The van der Waals surface area contributed by atoms with Crippen LogP contribution in [0.25, 0.3) is 15.3 Å². The van der Waals surface area contributed by atoms with Crippen LogP contribution in [0.15, 0.2) is 91.3 Å². The van der Waals surface area contributed by atoms with Gasteiger partial charge in [0.2, 0.25) is 0 Å². The average molecular weight is 472 g/mol. The maximum atomic E-state index is 15.0. The summed E-state index contributed by atoms with van der Waals surface area (Å²) in [6.07, 6.45) is 3.75. The molecule has 1 aliphatic rings. The van der Waals surface area contributed by atoms with Crippen molar-refractivity contribution in [3.05, 3.63) is 108 Å². The molecule has 0 bridgehead atoms. The van der Waals surface area contributed by atoms with Gasteiger partial charge in [0.1, 0.15) is 11.9 Å². The van der Waals surface area contributed by atoms with Gasteiger partial charge in [-0.25, -0.2) is 9.37 Å². The Morgan fingerprint density at radius 2 is 1.76 bits per heavy atom. The van der Waals surface area contributed by atoms with E-state index in [4.69, 9.17) is 17.2 Å². The third kappa shape index (κ3) is 3.39. The van der Waals surface area contributed by atoms with Gasteiger partial charge in [-0.3, -0.25) is 9.55 Å². The zero-order chi connectivity index (χ0) is 22.4. The van der Waals surface area contributed by atoms with Crippen molar-refractivity contribution >= 4 is 44.6 Å². The molecule has 0 radical (unpaired) electrons. The lowest BCUT2D eigenvalue weighted by Crippen LogP contribution is -2.31. The minimum atomic E-state index is -0.327. The number of nitrogens with zero attached hydrogens (tertiary/aromatic N) is 4. The molecule has 8 heteroatoms. The molecule has 1 aliphatic heterocycles. The number of aromatic nitrogens is 3. The first-order valence-corrected chi connectivity index (χ1v) is 11.7. The summed E-state index contributed by atoms with van der Waals surface area (Å²) in [5, 5.41) is 4.69. The fourth-order valence-corrected chi connectivity index (χ4v) is 5.64. The van der Waals surface area contributed by atoms with Crippen LogP contribution in [-0.2, 0) is 0 Å². The molecule has 2 aromatic carbocycles. The fourth-order valence-electron chi connectivity index (χ4n) is 4.33. The molecular formula is C25H18FN5S2. The Kier molecular flexibility index (Phi) is 4.89. The van der Waals surface area contributed by atoms with Gasteiger partial charge < -0.3 is 10.2 Å². The van der Waals surface area contributed by atoms with Crippen molar-refractivity contribution < 1.29 is 4.39 Å². The molecule has 5 nitrogen and oxygen atoms in total. The topological polar surface area (TPSA) is 46.0 Å². The minimum Gasteiger partial charge on any atom is -0.351 e. The molecule has 0 unspecified atom stereocenters. The van der Waals surface area contributed by atoms with Crippen LogP contribution in [0.5, 0.6) is 0 Å². The average Bonchev–Trinajstić information content (AvgIpc) is 3.56. The van der Waals surface area contributed by atoms with Gasteiger partial charge in [0, 0.05) is 12.4 Å². The van der Waals surface area contributed by atoms with E-state index in [1.807, 2.05) is 65.7 Å². The second kappa shape index (κ2) is 8.06. The zero-order valence-corrected chi connectivity index (χ0v) is 18.9. The molecule has 0 amide bonds. The van der Waals surface area contributed by atoms with Gasteiger partial charge in [0.25, 0.3) is 0 Å². The highest BCUT2D eigenvalue weighted by Crippen LogP contribution is 2.43. The molecule has 1 N–H and O–H groups in total. The summed E-state index contributed by atoms with van der Waals surface area (Å²) < 4.78 is 18.1. The van der Waals surface area contributed by atoms with E-state index in [1.165, 1.54) is 6.07 Å². The van der Waals surface area contributed by atoms with Gasteiger partial charge in [0.05, 0.1) is 33.3 Å². The van der Waals surface area contributed by atoms with Crippen molar-refractivity contribution in [3.63, 3.8) is 0 Å². The molecule has 0 spiro atoms. The molecule has 162 valence electrons. The first-order chi connectivity index (χ1) is 16.2. The van der Waals surface area contributed by atoms with Crippen LogP contribution in [0.3, 0.4) is 0 Å². The van der Waals surface area contributed by atoms with Crippen molar-refractivity contribution in [3.8, 4) is 5.13 Å². The molecule has 33 heavy (non-hydrogen) atoms. The van der Waals surface area contributed by atoms with Gasteiger partial charge in [-0.15, -0.1) is 0 Å². The first-order valence-electron chi connectivity index (χ1n) is 10.5. The molecule has 2 atom stereocenters. The maximum absolute atomic E-state index is 15.0. The normalized spacial score (nSPS) is 18.1. The number of hydrogen-bond donors (Lipinski definition) is 1. The number of thiazole rings is 1. The lowest BCUT2D eigenvalue weighted by Gasteiger charge is -2.28. The predicted molar refractivity (Wildman–Crippen MR) is 133 cm³/mol. The Morgan fingerprint density at radius 3 is 2.58 bits per heavy atom. The zero-order valence-electron chi connectivity index (χ0n) is 17.3. The molecule has 4 heterocycles. The number of nitrogens with one attached hydrogen (secondary N) is 1. The number of benzene rings is 2. The highest BCUT2D eigenvalue weighted by Gasteiger charge is 2.43. The number of para-hydroxylation sites is 2. The molecular weight excluding hydrogens is 453 g/mol. The number of fused-ring (bicyclic) bond motifs is 1. The van der Waals surface area contributed by atoms with Crippen LogP contribution in [0.1, 0.15) is 23.5 Å². The molecule has 1 fully saturated rings. The summed E-state index contributed by atoms with van der Waals surface area (Å²) in [5.41, 5.74) is 3.15. The van der Waals surface area contributed by atoms with Gasteiger partial charge >= 0.3 is 0 Å². The predicted octanol–water partition coefficient (Wildman–Crippen LogP) is 5.80. The number of rotatable bonds is 4. The Bertz CT molecular complexity index is 1430. The van der Waals surface area contributed by atoms with Crippen molar-refractivity contribution in [2.75, 3.05) is 4.90 Å². The number of anilines is 1. The van der Waals surface area contributed by atoms with Gasteiger partial charge in [0.15, 0.2) is 10.2 Å². The van der Waals surface area contributed by atoms with Crippen LogP contribution in [0.4, 0.5) is 10.1 Å². The molecule has 1 saturated heterocycles. The quantitative estimate of drug-likeness (QED) is 0.336. The number of thiocarbonyl (C=S) groups is 1. The van der Waals surface area contributed by atoms with Crippen LogP contribution < -0.4 is 10.2 Å². The summed E-state index contributed by atoms with van der Waals surface area (Å²) in [6, 6.07) is 24.0. The molecule has 0 saturated carbocycles. The third-order valence-electron chi connectivity index (χ3n) is 5.78. The minimum absolute atomic E-state index is 0.263. The van der Waals surface area contributed by atoms with E-state index in [1.54, 1.807) is 29.7 Å². The highest BCUT2D eigenvalue weighted by molar-refractivity contribution is 7.80. The Morgan fingerprint density at radius 1 is 0.939 bits per heavy atom. The van der Waals surface area contributed by atoms with E-state index in [9.17, 15) is 4.39 Å². The second-order valence-electron chi connectivity index (χ2n) is 7.72. The maximum Gasteiger partial charge on any atom is 0.194 e. The van der Waals surface area contributed by atoms with E-state index >= 15 is 0 Å².